The maximum Gasteiger partial charge on any atom is 0.416 e. The Morgan fingerprint density at radius 1 is 1.30 bits per heavy atom. The van der Waals surface area contributed by atoms with E-state index in [4.69, 9.17) is 10.6 Å². The third-order valence-corrected chi connectivity index (χ3v) is 6.34. The van der Waals surface area contributed by atoms with Gasteiger partial charge < -0.3 is 10.6 Å². The normalized spacial score (nSPS) is 15.7. The van der Waals surface area contributed by atoms with Crippen LogP contribution in [0.25, 0.3) is 0 Å². The SMILES string of the molecule is CCCCn1nc(C(C)(C)C)sc1=NC(=O)c1cc(C(F)(F)F)ccc1ON=C(N)C1CC1. The summed E-state index contributed by atoms with van der Waals surface area (Å²) in [6.45, 7) is 8.54. The molecule has 33 heavy (non-hydrogen) atoms. The summed E-state index contributed by atoms with van der Waals surface area (Å²) in [4.78, 5) is 22.8. The number of amides is 1. The minimum Gasteiger partial charge on any atom is -0.384 e. The highest BCUT2D eigenvalue weighted by atomic mass is 32.1. The van der Waals surface area contributed by atoms with Crippen molar-refractivity contribution in [3.8, 4) is 5.75 Å². The first kappa shape index (κ1) is 24.9. The summed E-state index contributed by atoms with van der Waals surface area (Å²) >= 11 is 1.24. The van der Waals surface area contributed by atoms with Crippen LogP contribution in [0, 0.1) is 5.92 Å². The van der Waals surface area contributed by atoms with Crippen molar-refractivity contribution in [3.05, 3.63) is 39.1 Å². The fourth-order valence-corrected chi connectivity index (χ4v) is 3.79. The molecule has 1 heterocycles. The van der Waals surface area contributed by atoms with E-state index in [2.05, 4.69) is 15.2 Å². The summed E-state index contributed by atoms with van der Waals surface area (Å²) in [6, 6.07) is 2.63. The van der Waals surface area contributed by atoms with Gasteiger partial charge in [0.1, 0.15) is 10.8 Å². The molecule has 1 aromatic carbocycles. The first-order chi connectivity index (χ1) is 15.4. The van der Waals surface area contributed by atoms with E-state index < -0.39 is 17.6 Å². The summed E-state index contributed by atoms with van der Waals surface area (Å²) in [7, 11) is 0. The number of carbonyl (C=O) groups excluding carboxylic acids is 1. The fourth-order valence-electron chi connectivity index (χ4n) is 2.80. The number of hydrogen-bond donors (Lipinski definition) is 1. The van der Waals surface area contributed by atoms with E-state index in [9.17, 15) is 18.0 Å². The molecule has 0 unspecified atom stereocenters. The number of unbranched alkanes of at least 4 members (excludes halogenated alkanes) is 1. The molecule has 11 heteroatoms. The monoisotopic (exact) mass is 483 g/mol. The molecule has 0 saturated heterocycles. The number of alkyl halides is 3. The number of hydrogen-bond acceptors (Lipinski definition) is 5. The lowest BCUT2D eigenvalue weighted by molar-refractivity contribution is -0.137. The minimum atomic E-state index is -4.63. The second-order valence-corrected chi connectivity index (χ2v) is 9.98. The van der Waals surface area contributed by atoms with Crippen LogP contribution in [0.1, 0.15) is 74.3 Å². The number of nitrogens with zero attached hydrogens (tertiary/aromatic N) is 4. The molecule has 180 valence electrons. The Morgan fingerprint density at radius 2 is 2.00 bits per heavy atom. The highest BCUT2D eigenvalue weighted by Crippen LogP contribution is 2.34. The van der Waals surface area contributed by atoms with Crippen molar-refractivity contribution >= 4 is 23.1 Å². The third-order valence-electron chi connectivity index (χ3n) is 4.96. The van der Waals surface area contributed by atoms with E-state index in [1.807, 2.05) is 27.7 Å². The molecule has 1 aromatic heterocycles. The van der Waals surface area contributed by atoms with Crippen LogP contribution in [-0.4, -0.2) is 21.5 Å². The van der Waals surface area contributed by atoms with Gasteiger partial charge in [0.05, 0.1) is 11.1 Å². The fraction of sp³-hybridized carbons (Fsp3) is 0.545. The number of aryl methyl sites for hydroxylation is 1. The molecule has 7 nitrogen and oxygen atoms in total. The van der Waals surface area contributed by atoms with Gasteiger partial charge in [0.25, 0.3) is 5.91 Å². The van der Waals surface area contributed by atoms with Gasteiger partial charge in [-0.15, -0.1) is 0 Å². The molecule has 0 atom stereocenters. The summed E-state index contributed by atoms with van der Waals surface area (Å²) in [5, 5.41) is 9.14. The van der Waals surface area contributed by atoms with Crippen LogP contribution in [0.2, 0.25) is 0 Å². The van der Waals surface area contributed by atoms with E-state index in [-0.39, 0.29) is 28.5 Å². The molecule has 1 aliphatic rings. The van der Waals surface area contributed by atoms with Crippen LogP contribution >= 0.6 is 11.3 Å². The summed E-state index contributed by atoms with van der Waals surface area (Å²) in [5.41, 5.74) is 4.22. The van der Waals surface area contributed by atoms with Crippen LogP contribution in [0.4, 0.5) is 13.2 Å². The number of halogens is 3. The predicted molar refractivity (Wildman–Crippen MR) is 120 cm³/mol. The zero-order chi connectivity index (χ0) is 24.4. The van der Waals surface area contributed by atoms with Gasteiger partial charge in [-0.2, -0.15) is 23.3 Å². The lowest BCUT2D eigenvalue weighted by atomic mass is 9.98. The Morgan fingerprint density at radius 3 is 2.58 bits per heavy atom. The van der Waals surface area contributed by atoms with E-state index >= 15 is 0 Å². The molecule has 2 N–H and O–H groups in total. The van der Waals surface area contributed by atoms with Gasteiger partial charge in [-0.3, -0.25) is 4.79 Å². The Kier molecular flexibility index (Phi) is 7.30. The predicted octanol–water partition coefficient (Wildman–Crippen LogP) is 4.86. The van der Waals surface area contributed by atoms with Gasteiger partial charge in [0.15, 0.2) is 5.75 Å². The topological polar surface area (TPSA) is 94.9 Å². The number of aromatic nitrogens is 2. The average molecular weight is 484 g/mol. The van der Waals surface area contributed by atoms with Gasteiger partial charge >= 0.3 is 6.18 Å². The van der Waals surface area contributed by atoms with E-state index in [1.54, 1.807) is 4.68 Å². The largest absolute Gasteiger partial charge is 0.416 e. The lowest BCUT2D eigenvalue weighted by Crippen LogP contribution is -2.19. The summed E-state index contributed by atoms with van der Waals surface area (Å²) in [5.74, 6) is -0.652. The van der Waals surface area contributed by atoms with Crippen LogP contribution < -0.4 is 15.4 Å². The Hall–Kier alpha value is -2.69. The molecule has 1 saturated carbocycles. The van der Waals surface area contributed by atoms with Crippen molar-refractivity contribution in [2.75, 3.05) is 0 Å². The molecule has 0 radical (unpaired) electrons. The Bertz CT molecular complexity index is 1110. The molecular weight excluding hydrogens is 455 g/mol. The van der Waals surface area contributed by atoms with Crippen LogP contribution in [0.5, 0.6) is 5.75 Å². The zero-order valence-electron chi connectivity index (χ0n) is 19.1. The highest BCUT2D eigenvalue weighted by Gasteiger charge is 2.32. The number of carbonyl (C=O) groups is 1. The van der Waals surface area contributed by atoms with Gasteiger partial charge in [0.2, 0.25) is 4.80 Å². The number of benzene rings is 1. The minimum absolute atomic E-state index is 0.105. The smallest absolute Gasteiger partial charge is 0.384 e. The number of rotatable bonds is 7. The van der Waals surface area contributed by atoms with Crippen molar-refractivity contribution in [1.29, 1.82) is 0 Å². The number of nitrogens with two attached hydrogens (primary N) is 1. The van der Waals surface area contributed by atoms with Gasteiger partial charge in [-0.05, 0) is 37.5 Å². The van der Waals surface area contributed by atoms with E-state index in [0.29, 0.717) is 11.3 Å². The molecule has 0 aliphatic heterocycles. The van der Waals surface area contributed by atoms with Crippen LogP contribution in [0.15, 0.2) is 28.3 Å². The van der Waals surface area contributed by atoms with Crippen molar-refractivity contribution < 1.29 is 22.8 Å². The maximum atomic E-state index is 13.3. The molecule has 1 aliphatic carbocycles. The summed E-state index contributed by atoms with van der Waals surface area (Å²) in [6.07, 6.45) is -1.14. The summed E-state index contributed by atoms with van der Waals surface area (Å²) < 4.78 is 41.6. The van der Waals surface area contributed by atoms with E-state index in [1.165, 1.54) is 11.3 Å². The van der Waals surface area contributed by atoms with Crippen LogP contribution in [0.3, 0.4) is 0 Å². The highest BCUT2D eigenvalue weighted by molar-refractivity contribution is 7.09. The Labute approximate surface area is 194 Å². The van der Waals surface area contributed by atoms with Crippen molar-refractivity contribution in [3.63, 3.8) is 0 Å². The molecule has 3 rings (SSSR count). The zero-order valence-corrected chi connectivity index (χ0v) is 19.9. The van der Waals surface area contributed by atoms with Gasteiger partial charge in [0, 0.05) is 17.9 Å². The van der Waals surface area contributed by atoms with Gasteiger partial charge in [-0.25, -0.2) is 4.68 Å². The molecule has 2 aromatic rings. The van der Waals surface area contributed by atoms with Gasteiger partial charge in [-0.1, -0.05) is 50.6 Å². The van der Waals surface area contributed by atoms with Crippen molar-refractivity contribution in [1.82, 2.24) is 9.78 Å². The van der Waals surface area contributed by atoms with E-state index in [0.717, 1.165) is 48.9 Å². The van der Waals surface area contributed by atoms with Crippen molar-refractivity contribution in [2.45, 2.75) is 71.5 Å². The second-order valence-electron chi connectivity index (χ2n) is 9.02. The molecule has 1 amide bonds. The quantitative estimate of drug-likeness (QED) is 0.346. The number of oxime groups is 1. The lowest BCUT2D eigenvalue weighted by Gasteiger charge is -2.12. The first-order valence-electron chi connectivity index (χ1n) is 10.8. The molecule has 1 fully saturated rings. The Balaban J connectivity index is 2.04. The average Bonchev–Trinajstić information content (AvgIpc) is 3.50. The molecule has 0 bridgehead atoms. The standard InChI is InChI=1S/C22H28F3N5O2S/c1-5-6-11-30-20(33-19(28-30)21(2,3)4)27-18(31)15-12-14(22(23,24)25)9-10-16(15)32-29-17(26)13-7-8-13/h9-10,12-13H,5-8,11H2,1-4H3,(H2,26,29). The third kappa shape index (κ3) is 6.43. The maximum absolute atomic E-state index is 13.3. The molecular formula is C22H28F3N5O2S. The van der Waals surface area contributed by atoms with Crippen LogP contribution in [-0.2, 0) is 18.1 Å². The van der Waals surface area contributed by atoms with Crippen molar-refractivity contribution in [2.24, 2.45) is 21.8 Å². The number of amidine groups is 1. The molecule has 0 spiro atoms. The second kappa shape index (κ2) is 9.66. The first-order valence-corrected chi connectivity index (χ1v) is 11.6.